The third-order valence-corrected chi connectivity index (χ3v) is 8.28. The summed E-state index contributed by atoms with van der Waals surface area (Å²) in [5, 5.41) is 2.45. The van der Waals surface area contributed by atoms with E-state index in [2.05, 4.69) is 137 Å². The third kappa shape index (κ3) is 3.45. The fourth-order valence-corrected chi connectivity index (χ4v) is 6.56. The summed E-state index contributed by atoms with van der Waals surface area (Å²) in [7, 11) is 0. The first-order valence-electron chi connectivity index (χ1n) is 13.6. The fraction of sp³-hybridized carbons (Fsp3) is 0.0541. The van der Waals surface area contributed by atoms with E-state index in [9.17, 15) is 0 Å². The maximum atomic E-state index is 4.27. The summed E-state index contributed by atoms with van der Waals surface area (Å²) < 4.78 is 0. The second kappa shape index (κ2) is 8.82. The Kier molecular flexibility index (Phi) is 4.99. The van der Waals surface area contributed by atoms with Gasteiger partial charge in [-0.05, 0) is 81.1 Å². The second-order valence-corrected chi connectivity index (χ2v) is 10.4. The Hall–Kier alpha value is -4.95. The first-order chi connectivity index (χ1) is 19.4. The molecule has 5 aromatic carbocycles. The summed E-state index contributed by atoms with van der Waals surface area (Å²) in [6, 6.07) is 41.8. The molecular formula is C37H26N2. The number of fused-ring (bicyclic) bond motifs is 4. The molecule has 2 aliphatic carbocycles. The number of benzene rings is 5. The van der Waals surface area contributed by atoms with Gasteiger partial charge in [-0.25, -0.2) is 0 Å². The third-order valence-electron chi connectivity index (χ3n) is 8.28. The molecule has 2 heteroatoms. The molecular weight excluding hydrogens is 472 g/mol. The fourth-order valence-electron chi connectivity index (χ4n) is 6.56. The average Bonchev–Trinajstić information content (AvgIpc) is 3.34. The highest BCUT2D eigenvalue weighted by atomic mass is 15.1. The van der Waals surface area contributed by atoms with Crippen LogP contribution < -0.4 is 4.90 Å². The number of nitrogens with zero attached hydrogens (tertiary/aromatic N) is 2. The average molecular weight is 499 g/mol. The van der Waals surface area contributed by atoms with Crippen LogP contribution in [-0.4, -0.2) is 4.98 Å². The minimum absolute atomic E-state index is 0.462. The number of pyridine rings is 1. The van der Waals surface area contributed by atoms with Crippen LogP contribution >= 0.6 is 0 Å². The lowest BCUT2D eigenvalue weighted by Crippen LogP contribution is -2.10. The molecule has 1 heterocycles. The number of hydrogen-bond donors (Lipinski definition) is 0. The number of aromatic nitrogens is 1. The highest BCUT2D eigenvalue weighted by Crippen LogP contribution is 2.52. The standard InChI is InChI=1S/C37H26N2/c1-2-9-30-25(7-1)8-5-14-36(30)39(28-21-23-38-24-22-28)27-17-15-26(16-18-27)29-19-20-35-32-11-4-3-10-31(32)34-13-6-12-33(29)37(34)35/h1-12,14-24,34H,13H2. The van der Waals surface area contributed by atoms with Gasteiger partial charge in [0.2, 0.25) is 0 Å². The molecule has 0 saturated heterocycles. The Balaban J connectivity index is 1.25. The molecule has 2 aliphatic rings. The van der Waals surface area contributed by atoms with Crippen LogP contribution in [0.1, 0.15) is 29.0 Å². The molecule has 2 nitrogen and oxygen atoms in total. The summed E-state index contributed by atoms with van der Waals surface area (Å²) >= 11 is 0. The van der Waals surface area contributed by atoms with Crippen LogP contribution in [0.3, 0.4) is 0 Å². The first kappa shape index (κ1) is 22.1. The zero-order chi connectivity index (χ0) is 25.8. The molecule has 0 radical (unpaired) electrons. The van der Waals surface area contributed by atoms with Gasteiger partial charge in [0.25, 0.3) is 0 Å². The highest BCUT2D eigenvalue weighted by Gasteiger charge is 2.32. The van der Waals surface area contributed by atoms with Gasteiger partial charge in [0.15, 0.2) is 0 Å². The van der Waals surface area contributed by atoms with Gasteiger partial charge < -0.3 is 4.90 Å². The lowest BCUT2D eigenvalue weighted by Gasteiger charge is -2.27. The van der Waals surface area contributed by atoms with Gasteiger partial charge in [-0.2, -0.15) is 0 Å². The SMILES string of the molecule is C1=Cc2c(-c3ccc(N(c4ccncc4)c4cccc5ccccc45)cc3)ccc3c2C(C1)c1ccccc1-3. The number of allylic oxidation sites excluding steroid dienone is 1. The molecule has 0 amide bonds. The van der Waals surface area contributed by atoms with Gasteiger partial charge in [0.1, 0.15) is 0 Å². The van der Waals surface area contributed by atoms with Crippen molar-refractivity contribution >= 4 is 33.9 Å². The molecule has 0 bridgehead atoms. The first-order valence-corrected chi connectivity index (χ1v) is 13.6. The molecule has 8 rings (SSSR count). The molecule has 0 N–H and O–H groups in total. The Labute approximate surface area is 228 Å². The van der Waals surface area contributed by atoms with Crippen molar-refractivity contribution in [1.82, 2.24) is 4.98 Å². The van der Waals surface area contributed by atoms with Crippen molar-refractivity contribution in [3.8, 4) is 22.3 Å². The maximum absolute atomic E-state index is 4.27. The van der Waals surface area contributed by atoms with Gasteiger partial charge in [-0.15, -0.1) is 0 Å². The molecule has 0 aliphatic heterocycles. The van der Waals surface area contributed by atoms with Gasteiger partial charge in [0.05, 0.1) is 5.69 Å². The van der Waals surface area contributed by atoms with Crippen molar-refractivity contribution in [2.24, 2.45) is 0 Å². The summed E-state index contributed by atoms with van der Waals surface area (Å²) in [6.07, 6.45) is 9.48. The van der Waals surface area contributed by atoms with Crippen LogP contribution in [-0.2, 0) is 0 Å². The second-order valence-electron chi connectivity index (χ2n) is 10.4. The van der Waals surface area contributed by atoms with E-state index in [0.29, 0.717) is 5.92 Å². The molecule has 1 atom stereocenters. The van der Waals surface area contributed by atoms with Gasteiger partial charge in [-0.1, -0.05) is 97.1 Å². The van der Waals surface area contributed by atoms with Crippen LogP contribution in [0.25, 0.3) is 39.1 Å². The van der Waals surface area contributed by atoms with Crippen LogP contribution in [0, 0.1) is 0 Å². The predicted molar refractivity (Wildman–Crippen MR) is 163 cm³/mol. The number of anilines is 3. The molecule has 1 aromatic heterocycles. The van der Waals surface area contributed by atoms with Crippen molar-refractivity contribution in [2.75, 3.05) is 4.90 Å². The Morgan fingerprint density at radius 3 is 2.26 bits per heavy atom. The minimum atomic E-state index is 0.462. The molecule has 0 saturated carbocycles. The Bertz CT molecular complexity index is 1880. The van der Waals surface area contributed by atoms with Crippen LogP contribution in [0.15, 0.2) is 134 Å². The molecule has 0 spiro atoms. The molecule has 184 valence electrons. The number of hydrogen-bond acceptors (Lipinski definition) is 2. The monoisotopic (exact) mass is 498 g/mol. The Morgan fingerprint density at radius 1 is 0.615 bits per heavy atom. The van der Waals surface area contributed by atoms with E-state index in [1.165, 1.54) is 49.7 Å². The summed E-state index contributed by atoms with van der Waals surface area (Å²) in [5.41, 5.74) is 13.0. The van der Waals surface area contributed by atoms with E-state index in [4.69, 9.17) is 0 Å². The van der Waals surface area contributed by atoms with Gasteiger partial charge in [-0.3, -0.25) is 4.98 Å². The number of rotatable bonds is 4. The van der Waals surface area contributed by atoms with E-state index < -0.39 is 0 Å². The van der Waals surface area contributed by atoms with E-state index in [1.54, 1.807) is 0 Å². The topological polar surface area (TPSA) is 16.1 Å². The summed E-state index contributed by atoms with van der Waals surface area (Å²) in [5.74, 6) is 0.462. The van der Waals surface area contributed by atoms with Crippen molar-refractivity contribution in [2.45, 2.75) is 12.3 Å². The molecule has 0 fully saturated rings. The smallest absolute Gasteiger partial charge is 0.0540 e. The largest absolute Gasteiger partial charge is 0.310 e. The zero-order valence-electron chi connectivity index (χ0n) is 21.5. The van der Waals surface area contributed by atoms with Gasteiger partial charge >= 0.3 is 0 Å². The van der Waals surface area contributed by atoms with Crippen LogP contribution in [0.2, 0.25) is 0 Å². The van der Waals surface area contributed by atoms with Crippen LogP contribution in [0.4, 0.5) is 17.1 Å². The summed E-state index contributed by atoms with van der Waals surface area (Å²) in [6.45, 7) is 0. The van der Waals surface area contributed by atoms with E-state index >= 15 is 0 Å². The predicted octanol–water partition coefficient (Wildman–Crippen LogP) is 9.90. The molecule has 1 unspecified atom stereocenters. The van der Waals surface area contributed by atoms with Crippen molar-refractivity contribution in [1.29, 1.82) is 0 Å². The van der Waals surface area contributed by atoms with Gasteiger partial charge in [0, 0.05) is 35.1 Å². The lowest BCUT2D eigenvalue weighted by atomic mass is 9.82. The zero-order valence-corrected chi connectivity index (χ0v) is 21.5. The lowest BCUT2D eigenvalue weighted by molar-refractivity contribution is 0.844. The van der Waals surface area contributed by atoms with E-state index in [0.717, 1.165) is 23.5 Å². The minimum Gasteiger partial charge on any atom is -0.310 e. The summed E-state index contributed by atoms with van der Waals surface area (Å²) in [4.78, 5) is 6.60. The molecule has 39 heavy (non-hydrogen) atoms. The van der Waals surface area contributed by atoms with Crippen molar-refractivity contribution < 1.29 is 0 Å². The normalized spacial score (nSPS) is 14.7. The van der Waals surface area contributed by atoms with E-state index in [-0.39, 0.29) is 0 Å². The Morgan fingerprint density at radius 2 is 1.36 bits per heavy atom. The maximum Gasteiger partial charge on any atom is 0.0540 e. The highest BCUT2D eigenvalue weighted by molar-refractivity contribution is 5.99. The molecule has 6 aromatic rings. The van der Waals surface area contributed by atoms with Crippen LogP contribution in [0.5, 0.6) is 0 Å². The van der Waals surface area contributed by atoms with Crippen molar-refractivity contribution in [3.63, 3.8) is 0 Å². The van der Waals surface area contributed by atoms with E-state index in [1.807, 2.05) is 12.4 Å². The van der Waals surface area contributed by atoms with Crippen molar-refractivity contribution in [3.05, 3.63) is 150 Å². The quantitative estimate of drug-likeness (QED) is 0.240.